The number of ketones is 1. The Morgan fingerprint density at radius 2 is 1.76 bits per heavy atom. The molecular weight excluding hydrogens is 442 g/mol. The van der Waals surface area contributed by atoms with Gasteiger partial charge in [-0.1, -0.05) is 32.9 Å². The third-order valence-corrected chi connectivity index (χ3v) is 4.87. The van der Waals surface area contributed by atoms with Crippen molar-refractivity contribution in [2.24, 2.45) is 5.41 Å². The molecule has 0 bridgehead atoms. The van der Waals surface area contributed by atoms with Crippen LogP contribution in [0.25, 0.3) is 0 Å². The van der Waals surface area contributed by atoms with Crippen LogP contribution in [0.3, 0.4) is 0 Å². The summed E-state index contributed by atoms with van der Waals surface area (Å²) in [6, 6.07) is 11.5. The molecule has 3 rings (SSSR count). The number of ether oxygens (including phenoxy) is 2. The number of hydrogen-bond donors (Lipinski definition) is 2. The third kappa shape index (κ3) is 6.95. The second-order valence-corrected chi connectivity index (χ2v) is 8.68. The first-order valence-electron chi connectivity index (χ1n) is 10.8. The fourth-order valence-electron chi connectivity index (χ4n) is 2.92. The second kappa shape index (κ2) is 11.0. The minimum absolute atomic E-state index is 0.0585. The number of aromatic nitrogens is 2. The number of nitrogens with one attached hydrogen (secondary N) is 2. The maximum atomic E-state index is 14.4. The maximum absolute atomic E-state index is 14.4. The third-order valence-electron chi connectivity index (χ3n) is 4.87. The Morgan fingerprint density at radius 1 is 1.00 bits per heavy atom. The summed E-state index contributed by atoms with van der Waals surface area (Å²) in [7, 11) is 1.53. The van der Waals surface area contributed by atoms with Crippen LogP contribution in [0.2, 0.25) is 0 Å². The van der Waals surface area contributed by atoms with Gasteiger partial charge in [0, 0.05) is 36.4 Å². The molecule has 34 heavy (non-hydrogen) atoms. The van der Waals surface area contributed by atoms with E-state index >= 15 is 0 Å². The Balaban J connectivity index is 1.72. The van der Waals surface area contributed by atoms with E-state index in [-0.39, 0.29) is 36.3 Å². The maximum Gasteiger partial charge on any atom is 0.229 e. The lowest BCUT2D eigenvalue weighted by molar-refractivity contribution is -0.125. The van der Waals surface area contributed by atoms with Crippen molar-refractivity contribution < 1.29 is 23.0 Å². The summed E-state index contributed by atoms with van der Waals surface area (Å²) in [5.74, 6) is -1.01. The SMILES string of the molecule is COCCOc1ccc(Nc2ncc(F)c(Nc3cccc(CC(=O)C(C)(C)C)c3)n2)cc1F. The van der Waals surface area contributed by atoms with Gasteiger partial charge in [-0.3, -0.25) is 4.79 Å². The summed E-state index contributed by atoms with van der Waals surface area (Å²) in [4.78, 5) is 20.4. The van der Waals surface area contributed by atoms with Gasteiger partial charge in [0.15, 0.2) is 23.2 Å². The van der Waals surface area contributed by atoms with Crippen LogP contribution in [0.5, 0.6) is 5.75 Å². The summed E-state index contributed by atoms with van der Waals surface area (Å²) in [5.41, 5.74) is 1.31. The molecule has 0 saturated carbocycles. The van der Waals surface area contributed by atoms with Gasteiger partial charge in [-0.05, 0) is 29.8 Å². The van der Waals surface area contributed by atoms with Gasteiger partial charge in [0.05, 0.1) is 12.8 Å². The molecule has 9 heteroatoms. The number of benzene rings is 2. The summed E-state index contributed by atoms with van der Waals surface area (Å²) in [6.45, 7) is 6.18. The van der Waals surface area contributed by atoms with Gasteiger partial charge in [-0.25, -0.2) is 13.8 Å². The van der Waals surface area contributed by atoms with Gasteiger partial charge >= 0.3 is 0 Å². The molecule has 1 heterocycles. The molecule has 1 aromatic heterocycles. The summed E-state index contributed by atoms with van der Waals surface area (Å²) < 4.78 is 38.8. The van der Waals surface area contributed by atoms with Gasteiger partial charge in [0.2, 0.25) is 5.95 Å². The van der Waals surface area contributed by atoms with E-state index in [4.69, 9.17) is 9.47 Å². The normalized spacial score (nSPS) is 11.2. The fourth-order valence-corrected chi connectivity index (χ4v) is 2.92. The summed E-state index contributed by atoms with van der Waals surface area (Å²) in [6.07, 6.45) is 1.29. The quantitative estimate of drug-likeness (QED) is 0.383. The van der Waals surface area contributed by atoms with Gasteiger partial charge < -0.3 is 20.1 Å². The first kappa shape index (κ1) is 25.0. The number of nitrogens with zero attached hydrogens (tertiary/aromatic N) is 2. The minimum Gasteiger partial charge on any atom is -0.488 e. The molecule has 0 saturated heterocycles. The average molecular weight is 471 g/mol. The van der Waals surface area contributed by atoms with E-state index in [1.165, 1.54) is 19.2 Å². The summed E-state index contributed by atoms with van der Waals surface area (Å²) in [5, 5.41) is 5.77. The number of hydrogen-bond acceptors (Lipinski definition) is 7. The minimum atomic E-state index is -0.658. The Hall–Kier alpha value is -3.59. The standard InChI is InChI=1S/C25H28F2N4O3/c1-25(2,3)22(32)13-16-6-5-7-17(12-16)29-23-20(27)15-28-24(31-23)30-18-8-9-21(19(26)14-18)34-11-10-33-4/h5-9,12,14-15H,10-11,13H2,1-4H3,(H2,28,29,30,31). The molecule has 0 radical (unpaired) electrons. The lowest BCUT2D eigenvalue weighted by atomic mass is 9.87. The van der Waals surface area contributed by atoms with E-state index in [9.17, 15) is 13.6 Å². The van der Waals surface area contributed by atoms with Crippen molar-refractivity contribution >= 4 is 28.9 Å². The Kier molecular flexibility index (Phi) is 8.12. The highest BCUT2D eigenvalue weighted by atomic mass is 19.1. The van der Waals surface area contributed by atoms with Crippen molar-refractivity contribution in [2.45, 2.75) is 27.2 Å². The van der Waals surface area contributed by atoms with Crippen molar-refractivity contribution in [1.29, 1.82) is 0 Å². The Labute approximate surface area is 197 Å². The molecule has 0 amide bonds. The molecule has 180 valence electrons. The molecule has 0 aliphatic heterocycles. The lowest BCUT2D eigenvalue weighted by Crippen LogP contribution is -2.22. The first-order chi connectivity index (χ1) is 16.2. The molecule has 0 aliphatic rings. The van der Waals surface area contributed by atoms with Crippen LogP contribution < -0.4 is 15.4 Å². The second-order valence-electron chi connectivity index (χ2n) is 8.68. The number of carbonyl (C=O) groups is 1. The molecule has 0 aliphatic carbocycles. The summed E-state index contributed by atoms with van der Waals surface area (Å²) >= 11 is 0. The molecule has 3 aromatic rings. The molecule has 0 atom stereocenters. The van der Waals surface area contributed by atoms with Crippen molar-refractivity contribution in [3.63, 3.8) is 0 Å². The number of rotatable bonds is 10. The number of methoxy groups -OCH3 is 1. The smallest absolute Gasteiger partial charge is 0.229 e. The van der Waals surface area contributed by atoms with Crippen LogP contribution >= 0.6 is 0 Å². The zero-order chi connectivity index (χ0) is 24.7. The molecule has 0 fully saturated rings. The number of anilines is 4. The lowest BCUT2D eigenvalue weighted by Gasteiger charge is -2.17. The average Bonchev–Trinajstić information content (AvgIpc) is 2.77. The number of Topliss-reactive ketones (excluding diaryl/α,β-unsaturated/α-hetero) is 1. The van der Waals surface area contributed by atoms with E-state index < -0.39 is 17.0 Å². The van der Waals surface area contributed by atoms with E-state index in [2.05, 4.69) is 20.6 Å². The van der Waals surface area contributed by atoms with Gasteiger partial charge in [-0.15, -0.1) is 0 Å². The highest BCUT2D eigenvalue weighted by Gasteiger charge is 2.21. The zero-order valence-electron chi connectivity index (χ0n) is 19.6. The predicted molar refractivity (Wildman–Crippen MR) is 127 cm³/mol. The number of halogens is 2. The monoisotopic (exact) mass is 470 g/mol. The molecule has 0 unspecified atom stereocenters. The fraction of sp³-hybridized carbons (Fsp3) is 0.320. The molecule has 2 aromatic carbocycles. The Morgan fingerprint density at radius 3 is 2.47 bits per heavy atom. The van der Waals surface area contributed by atoms with E-state index in [0.717, 1.165) is 11.8 Å². The van der Waals surface area contributed by atoms with Gasteiger partial charge in [-0.2, -0.15) is 4.98 Å². The van der Waals surface area contributed by atoms with Gasteiger partial charge in [0.1, 0.15) is 12.4 Å². The Bertz CT molecular complexity index is 1150. The van der Waals surface area contributed by atoms with Crippen molar-refractivity contribution in [2.75, 3.05) is 31.0 Å². The largest absolute Gasteiger partial charge is 0.488 e. The molecule has 0 spiro atoms. The van der Waals surface area contributed by atoms with Crippen LogP contribution in [-0.4, -0.2) is 36.1 Å². The number of carbonyl (C=O) groups excluding carboxylic acids is 1. The van der Waals surface area contributed by atoms with Gasteiger partial charge in [0.25, 0.3) is 0 Å². The van der Waals surface area contributed by atoms with Crippen molar-refractivity contribution in [3.05, 3.63) is 65.9 Å². The predicted octanol–water partition coefficient (Wildman–Crippen LogP) is 5.42. The highest BCUT2D eigenvalue weighted by molar-refractivity contribution is 5.86. The van der Waals surface area contributed by atoms with Crippen LogP contribution in [0.4, 0.5) is 31.9 Å². The topological polar surface area (TPSA) is 85.4 Å². The molecule has 2 N–H and O–H groups in total. The van der Waals surface area contributed by atoms with Crippen LogP contribution in [0, 0.1) is 17.0 Å². The van der Waals surface area contributed by atoms with Crippen LogP contribution in [-0.2, 0) is 16.0 Å². The van der Waals surface area contributed by atoms with E-state index in [1.54, 1.807) is 24.3 Å². The van der Waals surface area contributed by atoms with Crippen LogP contribution in [0.15, 0.2) is 48.7 Å². The van der Waals surface area contributed by atoms with Crippen molar-refractivity contribution in [1.82, 2.24) is 9.97 Å². The first-order valence-corrected chi connectivity index (χ1v) is 10.8. The zero-order valence-corrected chi connectivity index (χ0v) is 19.6. The van der Waals surface area contributed by atoms with Crippen molar-refractivity contribution in [3.8, 4) is 5.75 Å². The van der Waals surface area contributed by atoms with E-state index in [0.29, 0.717) is 18.0 Å². The van der Waals surface area contributed by atoms with E-state index in [1.807, 2.05) is 26.8 Å². The molecular formula is C25H28F2N4O3. The molecule has 7 nitrogen and oxygen atoms in total. The highest BCUT2D eigenvalue weighted by Crippen LogP contribution is 2.25. The van der Waals surface area contributed by atoms with Crippen LogP contribution in [0.1, 0.15) is 26.3 Å².